The minimum Gasteiger partial charge on any atom is -0.296 e. The lowest BCUT2D eigenvalue weighted by atomic mass is 10.1. The van der Waals surface area contributed by atoms with Gasteiger partial charge in [-0.25, -0.2) is 9.67 Å². The van der Waals surface area contributed by atoms with Crippen LogP contribution in [0.2, 0.25) is 0 Å². The first-order valence-corrected chi connectivity index (χ1v) is 10.1. The molecule has 3 aromatic heterocycles. The van der Waals surface area contributed by atoms with Crippen LogP contribution in [0.3, 0.4) is 0 Å². The standard InChI is InChI=1S/C20H18N6OS/c1-2-26-17-15(11-21-26)14(10-16(22-17)12-6-4-3-5-7-12)18(27)23-20-25-24-19(28-20)13-8-9-13/h3-7,10-11,13H,2,8-9H2,1H3,(H,23,25,27). The molecule has 1 amide bonds. The van der Waals surface area contributed by atoms with Crippen LogP contribution in [0, 0.1) is 0 Å². The fraction of sp³-hybridized carbons (Fsp3) is 0.250. The highest BCUT2D eigenvalue weighted by Crippen LogP contribution is 2.42. The molecule has 28 heavy (non-hydrogen) atoms. The molecular formula is C20H18N6OS. The monoisotopic (exact) mass is 390 g/mol. The normalized spacial score (nSPS) is 13.8. The minimum atomic E-state index is -0.223. The fourth-order valence-corrected chi connectivity index (χ4v) is 4.08. The molecule has 4 aromatic rings. The van der Waals surface area contributed by atoms with Crippen LogP contribution in [0.15, 0.2) is 42.6 Å². The summed E-state index contributed by atoms with van der Waals surface area (Å²) in [4.78, 5) is 17.8. The molecule has 8 heteroatoms. The topological polar surface area (TPSA) is 85.6 Å². The summed E-state index contributed by atoms with van der Waals surface area (Å²) in [6, 6.07) is 11.7. The van der Waals surface area contributed by atoms with E-state index in [9.17, 15) is 4.79 Å². The molecule has 0 unspecified atom stereocenters. The molecule has 1 fully saturated rings. The van der Waals surface area contributed by atoms with Gasteiger partial charge >= 0.3 is 0 Å². The zero-order valence-electron chi connectivity index (χ0n) is 15.3. The van der Waals surface area contributed by atoms with E-state index in [1.165, 1.54) is 11.3 Å². The Balaban J connectivity index is 1.56. The highest BCUT2D eigenvalue weighted by molar-refractivity contribution is 7.15. The maximum atomic E-state index is 13.1. The van der Waals surface area contributed by atoms with Crippen LogP contribution in [0.1, 0.15) is 41.0 Å². The second-order valence-corrected chi connectivity index (χ2v) is 7.80. The lowest BCUT2D eigenvalue weighted by molar-refractivity contribution is 0.102. The molecule has 1 N–H and O–H groups in total. The first-order chi connectivity index (χ1) is 13.7. The van der Waals surface area contributed by atoms with Gasteiger partial charge in [-0.1, -0.05) is 41.7 Å². The summed E-state index contributed by atoms with van der Waals surface area (Å²) >= 11 is 1.45. The summed E-state index contributed by atoms with van der Waals surface area (Å²) in [6.45, 7) is 2.68. The number of carbonyl (C=O) groups is 1. The molecule has 3 heterocycles. The lowest BCUT2D eigenvalue weighted by Gasteiger charge is -2.08. The van der Waals surface area contributed by atoms with E-state index in [1.807, 2.05) is 43.3 Å². The average Bonchev–Trinajstić information content (AvgIpc) is 3.33. The molecule has 140 valence electrons. The number of amides is 1. The Morgan fingerprint density at radius 3 is 2.82 bits per heavy atom. The van der Waals surface area contributed by atoms with Crippen molar-refractivity contribution in [1.82, 2.24) is 25.0 Å². The smallest absolute Gasteiger partial charge is 0.258 e. The van der Waals surface area contributed by atoms with Crippen molar-refractivity contribution in [3.8, 4) is 11.3 Å². The van der Waals surface area contributed by atoms with E-state index < -0.39 is 0 Å². The number of rotatable bonds is 5. The number of hydrogen-bond donors (Lipinski definition) is 1. The SMILES string of the molecule is CCn1ncc2c(C(=O)Nc3nnc(C4CC4)s3)cc(-c3ccccc3)nc21. The molecule has 0 saturated heterocycles. The summed E-state index contributed by atoms with van der Waals surface area (Å²) in [5.41, 5.74) is 2.93. The Morgan fingerprint density at radius 1 is 1.25 bits per heavy atom. The number of nitrogens with one attached hydrogen (secondary N) is 1. The van der Waals surface area contributed by atoms with E-state index >= 15 is 0 Å². The van der Waals surface area contributed by atoms with Crippen LogP contribution in [0.25, 0.3) is 22.3 Å². The molecule has 0 bridgehead atoms. The molecule has 1 aromatic carbocycles. The molecule has 5 rings (SSSR count). The highest BCUT2D eigenvalue weighted by Gasteiger charge is 2.28. The molecular weight excluding hydrogens is 372 g/mol. The summed E-state index contributed by atoms with van der Waals surface area (Å²) in [6.07, 6.45) is 4.01. The van der Waals surface area contributed by atoms with Crippen LogP contribution in [0.4, 0.5) is 5.13 Å². The first kappa shape index (κ1) is 17.0. The van der Waals surface area contributed by atoms with Crippen LogP contribution >= 0.6 is 11.3 Å². The Kier molecular flexibility index (Phi) is 4.12. The maximum Gasteiger partial charge on any atom is 0.258 e. The van der Waals surface area contributed by atoms with Gasteiger partial charge in [0.25, 0.3) is 5.91 Å². The molecule has 0 atom stereocenters. The Hall–Kier alpha value is -3.13. The van der Waals surface area contributed by atoms with E-state index in [0.717, 1.165) is 34.5 Å². The second kappa shape index (κ2) is 6.79. The quantitative estimate of drug-likeness (QED) is 0.554. The predicted octanol–water partition coefficient (Wildman–Crippen LogP) is 4.10. The van der Waals surface area contributed by atoms with Crippen molar-refractivity contribution in [3.05, 3.63) is 53.2 Å². The number of anilines is 1. The van der Waals surface area contributed by atoms with Crippen molar-refractivity contribution >= 4 is 33.4 Å². The van der Waals surface area contributed by atoms with Gasteiger partial charge in [-0.15, -0.1) is 10.2 Å². The van der Waals surface area contributed by atoms with Crippen molar-refractivity contribution in [3.63, 3.8) is 0 Å². The summed E-state index contributed by atoms with van der Waals surface area (Å²) < 4.78 is 1.80. The number of pyridine rings is 1. The van der Waals surface area contributed by atoms with E-state index in [0.29, 0.717) is 28.8 Å². The number of hydrogen-bond acceptors (Lipinski definition) is 6. The molecule has 0 spiro atoms. The zero-order chi connectivity index (χ0) is 19.1. The summed E-state index contributed by atoms with van der Waals surface area (Å²) in [5, 5.41) is 17.9. The number of aryl methyl sites for hydroxylation is 1. The van der Waals surface area contributed by atoms with E-state index in [2.05, 4.69) is 20.6 Å². The van der Waals surface area contributed by atoms with E-state index in [-0.39, 0.29) is 5.91 Å². The molecule has 0 radical (unpaired) electrons. The Morgan fingerprint density at radius 2 is 2.07 bits per heavy atom. The lowest BCUT2D eigenvalue weighted by Crippen LogP contribution is -2.13. The van der Waals surface area contributed by atoms with Gasteiger partial charge in [-0.3, -0.25) is 10.1 Å². The van der Waals surface area contributed by atoms with Gasteiger partial charge < -0.3 is 0 Å². The average molecular weight is 390 g/mol. The molecule has 1 aliphatic rings. The van der Waals surface area contributed by atoms with Crippen molar-refractivity contribution in [2.24, 2.45) is 0 Å². The fourth-order valence-electron chi connectivity index (χ4n) is 3.17. The summed E-state index contributed by atoms with van der Waals surface area (Å²) in [5.74, 6) is 0.294. The zero-order valence-corrected chi connectivity index (χ0v) is 16.1. The largest absolute Gasteiger partial charge is 0.296 e. The maximum absolute atomic E-state index is 13.1. The number of benzene rings is 1. The number of fused-ring (bicyclic) bond motifs is 1. The van der Waals surface area contributed by atoms with Crippen LogP contribution in [0.5, 0.6) is 0 Å². The third kappa shape index (κ3) is 3.05. The van der Waals surface area contributed by atoms with Crippen molar-refractivity contribution in [2.75, 3.05) is 5.32 Å². The van der Waals surface area contributed by atoms with E-state index in [4.69, 9.17) is 4.98 Å². The van der Waals surface area contributed by atoms with Crippen molar-refractivity contribution in [2.45, 2.75) is 32.2 Å². The summed E-state index contributed by atoms with van der Waals surface area (Å²) in [7, 11) is 0. The molecule has 0 aliphatic heterocycles. The van der Waals surface area contributed by atoms with E-state index in [1.54, 1.807) is 10.9 Å². The first-order valence-electron chi connectivity index (χ1n) is 9.29. The number of carbonyl (C=O) groups excluding carboxylic acids is 1. The van der Waals surface area contributed by atoms with Crippen LogP contribution < -0.4 is 5.32 Å². The highest BCUT2D eigenvalue weighted by atomic mass is 32.1. The second-order valence-electron chi connectivity index (χ2n) is 6.79. The Bertz CT molecular complexity index is 1160. The van der Waals surface area contributed by atoms with Crippen LogP contribution in [-0.2, 0) is 6.54 Å². The van der Waals surface area contributed by atoms with Gasteiger partial charge in [-0.2, -0.15) is 5.10 Å². The number of aromatic nitrogens is 5. The third-order valence-corrected chi connectivity index (χ3v) is 5.81. The van der Waals surface area contributed by atoms with Gasteiger partial charge in [0.15, 0.2) is 5.65 Å². The van der Waals surface area contributed by atoms with Gasteiger partial charge in [0.05, 0.1) is 22.8 Å². The Labute approximate surface area is 165 Å². The van der Waals surface area contributed by atoms with Gasteiger partial charge in [0.1, 0.15) is 5.01 Å². The molecule has 1 aliphatic carbocycles. The van der Waals surface area contributed by atoms with Gasteiger partial charge in [0.2, 0.25) is 5.13 Å². The van der Waals surface area contributed by atoms with Crippen LogP contribution in [-0.4, -0.2) is 30.9 Å². The van der Waals surface area contributed by atoms with Gasteiger partial charge in [-0.05, 0) is 25.8 Å². The van der Waals surface area contributed by atoms with Gasteiger partial charge in [0, 0.05) is 18.0 Å². The number of nitrogens with zero attached hydrogens (tertiary/aromatic N) is 5. The van der Waals surface area contributed by atoms with Crippen molar-refractivity contribution < 1.29 is 4.79 Å². The molecule has 7 nitrogen and oxygen atoms in total. The minimum absolute atomic E-state index is 0.223. The van der Waals surface area contributed by atoms with Crippen molar-refractivity contribution in [1.29, 1.82) is 0 Å². The molecule has 1 saturated carbocycles. The predicted molar refractivity (Wildman–Crippen MR) is 108 cm³/mol. The third-order valence-electron chi connectivity index (χ3n) is 4.81.